The molecule has 0 aliphatic carbocycles. The van der Waals surface area contributed by atoms with E-state index >= 15 is 0 Å². The van der Waals surface area contributed by atoms with Crippen LogP contribution < -0.4 is 19.7 Å². The number of para-hydroxylation sites is 1. The van der Waals surface area contributed by atoms with Gasteiger partial charge in [-0.25, -0.2) is 4.98 Å². The molecule has 178 valence electrons. The van der Waals surface area contributed by atoms with Crippen LogP contribution >= 0.6 is 0 Å². The van der Waals surface area contributed by atoms with Gasteiger partial charge in [0, 0.05) is 37.0 Å². The highest BCUT2D eigenvalue weighted by molar-refractivity contribution is 5.92. The lowest BCUT2D eigenvalue weighted by atomic mass is 10.0. The number of hydrogen-bond acceptors (Lipinski definition) is 7. The van der Waals surface area contributed by atoms with Crippen LogP contribution in [0.5, 0.6) is 11.5 Å². The number of aromatic nitrogens is 1. The molecular weight excluding hydrogens is 434 g/mol. The third-order valence-corrected chi connectivity index (χ3v) is 6.14. The number of nitrogens with one attached hydrogen (secondary N) is 1. The van der Waals surface area contributed by atoms with E-state index in [1.807, 2.05) is 49.4 Å². The van der Waals surface area contributed by atoms with Gasteiger partial charge in [0.25, 0.3) is 5.91 Å². The van der Waals surface area contributed by atoms with Crippen molar-refractivity contribution >= 4 is 28.3 Å². The molecule has 2 fully saturated rings. The molecule has 8 nitrogen and oxygen atoms in total. The normalized spacial score (nSPS) is 17.1. The van der Waals surface area contributed by atoms with Crippen molar-refractivity contribution in [3.8, 4) is 11.5 Å². The van der Waals surface area contributed by atoms with Crippen LogP contribution in [0, 0.1) is 0 Å². The fourth-order valence-corrected chi connectivity index (χ4v) is 4.41. The van der Waals surface area contributed by atoms with Crippen molar-refractivity contribution in [3.05, 3.63) is 54.6 Å². The van der Waals surface area contributed by atoms with Crippen LogP contribution in [0.25, 0.3) is 10.9 Å². The molecule has 0 saturated carbocycles. The SMILES string of the molecule is CCOc1ccc(NC(=O)COc2cccc3ccc(N4CCC5(CC4)OCCO5)nc23)cc1. The largest absolute Gasteiger partial charge is 0.494 e. The van der Waals surface area contributed by atoms with Gasteiger partial charge in [-0.2, -0.15) is 0 Å². The fraction of sp³-hybridized carbons (Fsp3) is 0.385. The lowest BCUT2D eigenvalue weighted by molar-refractivity contribution is -0.169. The number of rotatable bonds is 7. The lowest BCUT2D eigenvalue weighted by Gasteiger charge is -2.38. The van der Waals surface area contributed by atoms with E-state index in [0.717, 1.165) is 48.4 Å². The molecule has 2 aromatic carbocycles. The van der Waals surface area contributed by atoms with Crippen molar-refractivity contribution in [2.75, 3.05) is 49.7 Å². The van der Waals surface area contributed by atoms with E-state index in [0.29, 0.717) is 31.3 Å². The maximum atomic E-state index is 12.5. The highest BCUT2D eigenvalue weighted by Gasteiger charge is 2.40. The summed E-state index contributed by atoms with van der Waals surface area (Å²) in [4.78, 5) is 19.6. The van der Waals surface area contributed by atoms with Crippen LogP contribution in [-0.4, -0.2) is 56.2 Å². The van der Waals surface area contributed by atoms with E-state index in [9.17, 15) is 4.79 Å². The van der Waals surface area contributed by atoms with Gasteiger partial charge in [0.15, 0.2) is 12.4 Å². The summed E-state index contributed by atoms with van der Waals surface area (Å²) < 4.78 is 23.0. The minimum Gasteiger partial charge on any atom is -0.494 e. The molecule has 3 aromatic rings. The molecule has 1 amide bonds. The molecule has 3 heterocycles. The minimum atomic E-state index is -0.418. The van der Waals surface area contributed by atoms with E-state index in [4.69, 9.17) is 23.9 Å². The molecule has 0 unspecified atom stereocenters. The summed E-state index contributed by atoms with van der Waals surface area (Å²) in [7, 11) is 0. The zero-order valence-corrected chi connectivity index (χ0v) is 19.3. The predicted octanol–water partition coefficient (Wildman–Crippen LogP) is 3.99. The van der Waals surface area contributed by atoms with Gasteiger partial charge in [0.05, 0.1) is 19.8 Å². The van der Waals surface area contributed by atoms with Gasteiger partial charge in [-0.3, -0.25) is 4.79 Å². The molecule has 2 aliphatic rings. The molecule has 1 spiro atoms. The van der Waals surface area contributed by atoms with Gasteiger partial charge in [0.1, 0.15) is 22.8 Å². The van der Waals surface area contributed by atoms with Gasteiger partial charge in [0.2, 0.25) is 0 Å². The van der Waals surface area contributed by atoms with Crippen molar-refractivity contribution in [3.63, 3.8) is 0 Å². The zero-order valence-electron chi connectivity index (χ0n) is 19.3. The smallest absolute Gasteiger partial charge is 0.262 e. The second kappa shape index (κ2) is 9.87. The average molecular weight is 464 g/mol. The van der Waals surface area contributed by atoms with E-state index in [-0.39, 0.29) is 12.5 Å². The average Bonchev–Trinajstić information content (AvgIpc) is 3.32. The molecule has 1 aromatic heterocycles. The van der Waals surface area contributed by atoms with Crippen LogP contribution in [-0.2, 0) is 14.3 Å². The third-order valence-electron chi connectivity index (χ3n) is 6.14. The Morgan fingerprint density at radius 1 is 1.03 bits per heavy atom. The maximum Gasteiger partial charge on any atom is 0.262 e. The van der Waals surface area contributed by atoms with Gasteiger partial charge < -0.3 is 29.2 Å². The summed E-state index contributed by atoms with van der Waals surface area (Å²) in [6.07, 6.45) is 1.63. The molecule has 0 atom stereocenters. The Kier molecular flexibility index (Phi) is 6.51. The minimum absolute atomic E-state index is 0.112. The first-order valence-corrected chi connectivity index (χ1v) is 11.7. The molecule has 8 heteroatoms. The number of hydrogen-bond donors (Lipinski definition) is 1. The number of benzene rings is 2. The first-order valence-electron chi connectivity index (χ1n) is 11.7. The summed E-state index contributed by atoms with van der Waals surface area (Å²) in [6.45, 7) is 5.38. The summed E-state index contributed by atoms with van der Waals surface area (Å²) in [6, 6.07) is 17.1. The van der Waals surface area contributed by atoms with Crippen LogP contribution in [0.4, 0.5) is 11.5 Å². The van der Waals surface area contributed by atoms with Gasteiger partial charge >= 0.3 is 0 Å². The van der Waals surface area contributed by atoms with Crippen molar-refractivity contribution in [1.82, 2.24) is 4.98 Å². The van der Waals surface area contributed by atoms with Crippen molar-refractivity contribution in [2.45, 2.75) is 25.6 Å². The van der Waals surface area contributed by atoms with E-state index < -0.39 is 5.79 Å². The first kappa shape index (κ1) is 22.4. The molecule has 0 radical (unpaired) electrons. The van der Waals surface area contributed by atoms with Crippen molar-refractivity contribution in [1.29, 1.82) is 0 Å². The van der Waals surface area contributed by atoms with E-state index in [1.54, 1.807) is 12.1 Å². The fourth-order valence-electron chi connectivity index (χ4n) is 4.41. The number of ether oxygens (including phenoxy) is 4. The Balaban J connectivity index is 1.24. The second-order valence-electron chi connectivity index (χ2n) is 8.39. The number of carbonyl (C=O) groups excluding carboxylic acids is 1. The van der Waals surface area contributed by atoms with Crippen molar-refractivity contribution < 1.29 is 23.7 Å². The zero-order chi connectivity index (χ0) is 23.4. The molecule has 34 heavy (non-hydrogen) atoms. The highest BCUT2D eigenvalue weighted by Crippen LogP contribution is 2.34. The second-order valence-corrected chi connectivity index (χ2v) is 8.39. The topological polar surface area (TPSA) is 82.2 Å². The number of amides is 1. The summed E-state index contributed by atoms with van der Waals surface area (Å²) in [5, 5.41) is 3.81. The molecular formula is C26H29N3O5. The molecule has 5 rings (SSSR count). The summed E-state index contributed by atoms with van der Waals surface area (Å²) >= 11 is 0. The maximum absolute atomic E-state index is 12.5. The van der Waals surface area contributed by atoms with Crippen LogP contribution in [0.2, 0.25) is 0 Å². The summed E-state index contributed by atoms with van der Waals surface area (Å²) in [5.41, 5.74) is 1.43. The molecule has 1 N–H and O–H groups in total. The number of piperidine rings is 1. The van der Waals surface area contributed by atoms with E-state index in [2.05, 4.69) is 10.2 Å². The van der Waals surface area contributed by atoms with Crippen molar-refractivity contribution in [2.24, 2.45) is 0 Å². The summed E-state index contributed by atoms with van der Waals surface area (Å²) in [5.74, 6) is 1.57. The Bertz CT molecular complexity index is 1130. The van der Waals surface area contributed by atoms with E-state index in [1.165, 1.54) is 0 Å². The van der Waals surface area contributed by atoms with Gasteiger partial charge in [-0.05, 0) is 49.4 Å². The standard InChI is InChI=1S/C26H29N3O5/c1-2-31-21-9-7-20(8-10-21)27-24(30)18-32-22-5-3-4-19-6-11-23(28-25(19)22)29-14-12-26(13-15-29)33-16-17-34-26/h3-11H,2,12-18H2,1H3,(H,27,30). The number of fused-ring (bicyclic) bond motifs is 1. The van der Waals surface area contributed by atoms with Gasteiger partial charge in [-0.15, -0.1) is 0 Å². The van der Waals surface area contributed by atoms with Crippen LogP contribution in [0.3, 0.4) is 0 Å². The van der Waals surface area contributed by atoms with Gasteiger partial charge in [-0.1, -0.05) is 12.1 Å². The Morgan fingerprint density at radius 3 is 2.53 bits per heavy atom. The molecule has 0 bridgehead atoms. The number of pyridine rings is 1. The van der Waals surface area contributed by atoms with Crippen LogP contribution in [0.1, 0.15) is 19.8 Å². The lowest BCUT2D eigenvalue weighted by Crippen LogP contribution is -2.45. The Hall–Kier alpha value is -3.36. The first-order chi connectivity index (χ1) is 16.6. The monoisotopic (exact) mass is 463 g/mol. The Labute approximate surface area is 198 Å². The number of nitrogens with zero attached hydrogens (tertiary/aromatic N) is 2. The predicted molar refractivity (Wildman–Crippen MR) is 130 cm³/mol. The molecule has 2 aliphatic heterocycles. The van der Waals surface area contributed by atoms with Crippen LogP contribution in [0.15, 0.2) is 54.6 Å². The highest BCUT2D eigenvalue weighted by atomic mass is 16.7. The Morgan fingerprint density at radius 2 is 1.79 bits per heavy atom. The number of anilines is 2. The third kappa shape index (κ3) is 4.93. The molecule has 2 saturated heterocycles. The quantitative estimate of drug-likeness (QED) is 0.567. The number of carbonyl (C=O) groups is 1.